The van der Waals surface area contributed by atoms with E-state index in [0.717, 1.165) is 59.6 Å². The molecule has 0 bridgehead atoms. The second-order valence-corrected chi connectivity index (χ2v) is 8.96. The van der Waals surface area contributed by atoms with Gasteiger partial charge in [0.1, 0.15) is 10.7 Å². The Hall–Kier alpha value is -3.40. The SMILES string of the molecule is O=C(ON=C1CCCc2c1sc1nc3n(c(=O)c21)CCCCC3)c1ccc([N+](=O)[O-])cc1. The first-order valence-corrected chi connectivity index (χ1v) is 11.4. The predicted octanol–water partition coefficient (Wildman–Crippen LogP) is 3.99. The van der Waals surface area contributed by atoms with Crippen LogP contribution < -0.4 is 5.56 Å². The fourth-order valence-corrected chi connectivity index (χ4v) is 5.55. The van der Waals surface area contributed by atoms with Crippen LogP contribution in [-0.4, -0.2) is 26.2 Å². The lowest BCUT2D eigenvalue weighted by molar-refractivity contribution is -0.384. The number of nitro benzene ring substituents is 1. The molecule has 0 unspecified atom stereocenters. The zero-order chi connectivity index (χ0) is 22.2. The second kappa shape index (κ2) is 8.27. The van der Waals surface area contributed by atoms with Crippen LogP contribution in [0.3, 0.4) is 0 Å². The van der Waals surface area contributed by atoms with E-state index < -0.39 is 10.9 Å². The van der Waals surface area contributed by atoms with Crippen molar-refractivity contribution < 1.29 is 14.6 Å². The maximum Gasteiger partial charge on any atom is 0.365 e. The van der Waals surface area contributed by atoms with Gasteiger partial charge >= 0.3 is 5.97 Å². The first-order chi connectivity index (χ1) is 15.5. The fraction of sp³-hybridized carbons (Fsp3) is 0.364. The number of hydrogen-bond donors (Lipinski definition) is 0. The van der Waals surface area contributed by atoms with Crippen LogP contribution >= 0.6 is 11.3 Å². The highest BCUT2D eigenvalue weighted by Crippen LogP contribution is 2.35. The van der Waals surface area contributed by atoms with Crippen LogP contribution in [0.1, 0.15) is 58.7 Å². The van der Waals surface area contributed by atoms with Gasteiger partial charge in [-0.25, -0.2) is 9.78 Å². The van der Waals surface area contributed by atoms with E-state index in [2.05, 4.69) is 5.16 Å². The Labute approximate surface area is 186 Å². The molecule has 0 radical (unpaired) electrons. The fourth-order valence-electron chi connectivity index (χ4n) is 4.31. The van der Waals surface area contributed by atoms with E-state index in [9.17, 15) is 19.7 Å². The highest BCUT2D eigenvalue weighted by molar-refractivity contribution is 7.20. The first kappa shape index (κ1) is 20.5. The van der Waals surface area contributed by atoms with Gasteiger partial charge in [0.2, 0.25) is 0 Å². The molecular weight excluding hydrogens is 432 g/mol. The number of fused-ring (bicyclic) bond motifs is 4. The largest absolute Gasteiger partial charge is 0.365 e. The molecule has 164 valence electrons. The van der Waals surface area contributed by atoms with Gasteiger partial charge in [0.25, 0.3) is 11.2 Å². The smallest absolute Gasteiger partial charge is 0.312 e. The molecule has 9 nitrogen and oxygen atoms in total. The second-order valence-electron chi connectivity index (χ2n) is 7.96. The molecule has 2 aliphatic rings. The van der Waals surface area contributed by atoms with E-state index in [4.69, 9.17) is 9.82 Å². The van der Waals surface area contributed by atoms with Gasteiger partial charge < -0.3 is 4.84 Å². The van der Waals surface area contributed by atoms with Crippen molar-refractivity contribution in [1.82, 2.24) is 9.55 Å². The Morgan fingerprint density at radius 1 is 1.12 bits per heavy atom. The molecule has 1 aromatic carbocycles. The molecule has 3 heterocycles. The minimum Gasteiger partial charge on any atom is -0.312 e. The molecule has 0 saturated carbocycles. The van der Waals surface area contributed by atoms with Crippen molar-refractivity contribution in [3.05, 3.63) is 66.6 Å². The van der Waals surface area contributed by atoms with E-state index in [1.165, 1.54) is 35.6 Å². The summed E-state index contributed by atoms with van der Waals surface area (Å²) < 4.78 is 1.82. The monoisotopic (exact) mass is 452 g/mol. The topological polar surface area (TPSA) is 117 Å². The van der Waals surface area contributed by atoms with Crippen LogP contribution in [0.25, 0.3) is 10.2 Å². The number of aryl methyl sites for hydroxylation is 2. The lowest BCUT2D eigenvalue weighted by Gasteiger charge is -2.13. The zero-order valence-electron chi connectivity index (χ0n) is 17.2. The molecular formula is C22H20N4O5S. The Kier molecular flexibility index (Phi) is 5.30. The number of non-ortho nitro benzene ring substituents is 1. The Bertz CT molecular complexity index is 1320. The zero-order valence-corrected chi connectivity index (χ0v) is 18.0. The lowest BCUT2D eigenvalue weighted by atomic mass is 9.95. The minimum atomic E-state index is -0.689. The standard InChI is InChI=1S/C22H20N4O5S/c27-21-18-15-5-4-6-16(24-31-22(28)13-8-10-14(11-9-13)26(29)30)19(15)32-20(18)23-17-7-2-1-3-12-25(17)21/h8-11H,1-7,12H2. The molecule has 0 amide bonds. The molecule has 1 aliphatic heterocycles. The number of nitrogens with zero attached hydrogens (tertiary/aromatic N) is 4. The van der Waals surface area contributed by atoms with E-state index in [1.807, 2.05) is 4.57 Å². The molecule has 0 N–H and O–H groups in total. The van der Waals surface area contributed by atoms with Gasteiger partial charge in [-0.1, -0.05) is 11.6 Å². The van der Waals surface area contributed by atoms with Crippen molar-refractivity contribution >= 4 is 38.9 Å². The quantitative estimate of drug-likeness (QED) is 0.337. The van der Waals surface area contributed by atoms with Crippen molar-refractivity contribution in [3.63, 3.8) is 0 Å². The third kappa shape index (κ3) is 3.60. The summed E-state index contributed by atoms with van der Waals surface area (Å²) in [4.78, 5) is 47.4. The molecule has 5 rings (SSSR count). The van der Waals surface area contributed by atoms with E-state index >= 15 is 0 Å². The highest BCUT2D eigenvalue weighted by atomic mass is 32.1. The van der Waals surface area contributed by atoms with Crippen LogP contribution in [0.2, 0.25) is 0 Å². The third-order valence-corrected chi connectivity index (χ3v) is 7.10. The highest BCUT2D eigenvalue weighted by Gasteiger charge is 2.26. The van der Waals surface area contributed by atoms with E-state index in [0.29, 0.717) is 24.1 Å². The number of oxime groups is 1. The summed E-state index contributed by atoms with van der Waals surface area (Å²) in [5.41, 5.74) is 1.67. The van der Waals surface area contributed by atoms with Crippen molar-refractivity contribution in [1.29, 1.82) is 0 Å². The minimum absolute atomic E-state index is 0.0218. The van der Waals surface area contributed by atoms with Crippen molar-refractivity contribution in [2.24, 2.45) is 5.16 Å². The molecule has 0 spiro atoms. The summed E-state index contributed by atoms with van der Waals surface area (Å²) in [6, 6.07) is 5.17. The van der Waals surface area contributed by atoms with Gasteiger partial charge in [0.15, 0.2) is 0 Å². The summed E-state index contributed by atoms with van der Waals surface area (Å²) in [5, 5.41) is 15.5. The maximum atomic E-state index is 13.2. The number of carbonyl (C=O) groups excluding carboxylic acids is 1. The van der Waals surface area contributed by atoms with Gasteiger partial charge in [-0.2, -0.15) is 0 Å². The van der Waals surface area contributed by atoms with Gasteiger partial charge in [-0.05, 0) is 49.8 Å². The first-order valence-electron chi connectivity index (χ1n) is 10.6. The maximum absolute atomic E-state index is 13.2. The average Bonchev–Trinajstić information content (AvgIpc) is 3.01. The van der Waals surface area contributed by atoms with Crippen LogP contribution in [-0.2, 0) is 24.2 Å². The van der Waals surface area contributed by atoms with Crippen molar-refractivity contribution in [2.45, 2.75) is 51.5 Å². The van der Waals surface area contributed by atoms with E-state index in [-0.39, 0.29) is 16.8 Å². The number of carbonyl (C=O) groups is 1. The number of aromatic nitrogens is 2. The molecule has 0 saturated heterocycles. The number of nitro groups is 1. The Morgan fingerprint density at radius 2 is 1.94 bits per heavy atom. The Morgan fingerprint density at radius 3 is 2.72 bits per heavy atom. The molecule has 0 atom stereocenters. The van der Waals surface area contributed by atoms with E-state index in [1.54, 1.807) is 0 Å². The molecule has 1 aliphatic carbocycles. The number of hydrogen-bond acceptors (Lipinski definition) is 8. The van der Waals surface area contributed by atoms with Crippen LogP contribution in [0.15, 0.2) is 34.2 Å². The summed E-state index contributed by atoms with van der Waals surface area (Å²) in [5.74, 6) is 0.159. The summed E-state index contributed by atoms with van der Waals surface area (Å²) in [6.07, 6.45) is 6.13. The van der Waals surface area contributed by atoms with Crippen LogP contribution in [0.4, 0.5) is 5.69 Å². The van der Waals surface area contributed by atoms with Gasteiger partial charge in [0, 0.05) is 25.1 Å². The summed E-state index contributed by atoms with van der Waals surface area (Å²) in [7, 11) is 0. The number of thiophene rings is 1. The normalized spacial score (nSPS) is 16.9. The average molecular weight is 452 g/mol. The number of rotatable bonds is 3. The van der Waals surface area contributed by atoms with Gasteiger partial charge in [-0.3, -0.25) is 19.5 Å². The molecule has 10 heteroatoms. The van der Waals surface area contributed by atoms with Crippen LogP contribution in [0, 0.1) is 10.1 Å². The van der Waals surface area contributed by atoms with Gasteiger partial charge in [0.05, 0.1) is 26.5 Å². The Balaban J connectivity index is 1.47. The number of benzene rings is 1. The molecule has 0 fully saturated rings. The third-order valence-electron chi connectivity index (χ3n) is 5.93. The predicted molar refractivity (Wildman–Crippen MR) is 119 cm³/mol. The van der Waals surface area contributed by atoms with Crippen molar-refractivity contribution in [2.75, 3.05) is 0 Å². The van der Waals surface area contributed by atoms with Crippen molar-refractivity contribution in [3.8, 4) is 0 Å². The van der Waals surface area contributed by atoms with Crippen LogP contribution in [0.5, 0.6) is 0 Å². The molecule has 3 aromatic rings. The molecule has 32 heavy (non-hydrogen) atoms. The van der Waals surface area contributed by atoms with Gasteiger partial charge in [-0.15, -0.1) is 11.3 Å². The molecule has 2 aromatic heterocycles. The summed E-state index contributed by atoms with van der Waals surface area (Å²) in [6.45, 7) is 0.704. The summed E-state index contributed by atoms with van der Waals surface area (Å²) >= 11 is 1.43. The lowest BCUT2D eigenvalue weighted by Crippen LogP contribution is -2.25.